The fourth-order valence-electron chi connectivity index (χ4n) is 1.14. The number of hydrogen-bond acceptors (Lipinski definition) is 1. The lowest BCUT2D eigenvalue weighted by Crippen LogP contribution is -2.23. The molecule has 0 atom stereocenters. The Morgan fingerprint density at radius 3 is 2.50 bits per heavy atom. The predicted octanol–water partition coefficient (Wildman–Crippen LogP) is 5.01. The highest BCUT2D eigenvalue weighted by molar-refractivity contribution is 9.10. The van der Waals surface area contributed by atoms with Crippen LogP contribution in [0.15, 0.2) is 28.7 Å². The Bertz CT molecular complexity index is 324. The van der Waals surface area contributed by atoms with Crippen LogP contribution in [0.1, 0.15) is 13.3 Å². The molecule has 1 aromatic carbocycles. The van der Waals surface area contributed by atoms with E-state index in [1.165, 1.54) is 0 Å². The Labute approximate surface area is 122 Å². The lowest BCUT2D eigenvalue weighted by atomic mass is 9.93. The molecule has 1 nitrogen and oxygen atoms in total. The summed E-state index contributed by atoms with van der Waals surface area (Å²) < 4.78 is 6.76. The minimum atomic E-state index is 0.256. The molecule has 90 valence electrons. The molecule has 0 aromatic heterocycles. The zero-order chi connectivity index (χ0) is 12.0. The van der Waals surface area contributed by atoms with Crippen LogP contribution in [-0.2, 0) is 0 Å². The zero-order valence-electron chi connectivity index (χ0n) is 9.18. The van der Waals surface area contributed by atoms with Crippen LogP contribution in [0.5, 0.6) is 5.75 Å². The van der Waals surface area contributed by atoms with Gasteiger partial charge in [-0.3, -0.25) is 0 Å². The summed E-state index contributed by atoms with van der Waals surface area (Å²) in [6, 6.07) is 7.94. The first-order valence-electron chi connectivity index (χ1n) is 5.10. The summed E-state index contributed by atoms with van der Waals surface area (Å²) in [6.45, 7) is 2.98. The lowest BCUT2D eigenvalue weighted by molar-refractivity contribution is 0.251. The first-order valence-corrected chi connectivity index (χ1v) is 8.13. The molecule has 0 heterocycles. The highest BCUT2D eigenvalue weighted by atomic mass is 79.9. The number of ether oxygens (including phenoxy) is 1. The molecular formula is C12H15Br3O. The minimum absolute atomic E-state index is 0.256. The van der Waals surface area contributed by atoms with E-state index in [9.17, 15) is 0 Å². The molecule has 0 saturated heterocycles. The maximum atomic E-state index is 5.71. The van der Waals surface area contributed by atoms with Gasteiger partial charge in [0.25, 0.3) is 0 Å². The first-order chi connectivity index (χ1) is 7.59. The van der Waals surface area contributed by atoms with E-state index < -0.39 is 0 Å². The van der Waals surface area contributed by atoms with Gasteiger partial charge in [0, 0.05) is 15.1 Å². The molecule has 0 N–H and O–H groups in total. The molecule has 16 heavy (non-hydrogen) atoms. The highest BCUT2D eigenvalue weighted by Crippen LogP contribution is 2.27. The van der Waals surface area contributed by atoms with Crippen LogP contribution < -0.4 is 4.74 Å². The fraction of sp³-hybridized carbons (Fsp3) is 0.500. The van der Waals surface area contributed by atoms with Gasteiger partial charge in [-0.25, -0.2) is 0 Å². The Balaban J connectivity index is 2.41. The Kier molecular flexibility index (Phi) is 6.37. The third-order valence-corrected chi connectivity index (χ3v) is 5.62. The molecule has 1 rings (SSSR count). The molecule has 0 spiro atoms. The van der Waals surface area contributed by atoms with Gasteiger partial charge < -0.3 is 4.74 Å². The van der Waals surface area contributed by atoms with Crippen molar-refractivity contribution in [1.29, 1.82) is 0 Å². The van der Waals surface area contributed by atoms with Gasteiger partial charge in [0.15, 0.2) is 0 Å². The molecule has 0 radical (unpaired) electrons. The summed E-state index contributed by atoms with van der Waals surface area (Å²) in [5.74, 6) is 0.917. The maximum Gasteiger partial charge on any atom is 0.120 e. The molecule has 1 aromatic rings. The molecule has 0 bridgehead atoms. The van der Waals surface area contributed by atoms with Gasteiger partial charge in [0.05, 0.1) is 6.61 Å². The fourth-order valence-corrected chi connectivity index (χ4v) is 3.01. The topological polar surface area (TPSA) is 9.23 Å². The summed E-state index contributed by atoms with van der Waals surface area (Å²) in [5.41, 5.74) is 0.256. The van der Waals surface area contributed by atoms with Crippen molar-refractivity contribution in [3.8, 4) is 5.75 Å². The summed E-state index contributed by atoms with van der Waals surface area (Å²) in [5, 5.41) is 1.96. The molecule has 0 aliphatic rings. The third-order valence-electron chi connectivity index (χ3n) is 2.42. The third kappa shape index (κ3) is 4.76. The van der Waals surface area contributed by atoms with E-state index >= 15 is 0 Å². The number of alkyl halides is 2. The van der Waals surface area contributed by atoms with Gasteiger partial charge in [0.2, 0.25) is 0 Å². The van der Waals surface area contributed by atoms with E-state index in [1.54, 1.807) is 0 Å². The van der Waals surface area contributed by atoms with Crippen molar-refractivity contribution < 1.29 is 4.74 Å². The van der Waals surface area contributed by atoms with Gasteiger partial charge in [-0.15, -0.1) is 0 Å². The SMILES string of the molecule is CC(CBr)(CBr)CCOc1cccc(Br)c1. The average Bonchev–Trinajstić information content (AvgIpc) is 2.29. The number of hydrogen-bond donors (Lipinski definition) is 0. The highest BCUT2D eigenvalue weighted by Gasteiger charge is 2.21. The average molecular weight is 415 g/mol. The monoisotopic (exact) mass is 412 g/mol. The van der Waals surface area contributed by atoms with Crippen molar-refractivity contribution in [2.45, 2.75) is 13.3 Å². The number of benzene rings is 1. The molecule has 0 amide bonds. The summed E-state index contributed by atoms with van der Waals surface area (Å²) in [4.78, 5) is 0. The van der Waals surface area contributed by atoms with E-state index in [0.29, 0.717) is 0 Å². The predicted molar refractivity (Wildman–Crippen MR) is 79.9 cm³/mol. The van der Waals surface area contributed by atoms with Crippen LogP contribution in [0.4, 0.5) is 0 Å². The Morgan fingerprint density at radius 1 is 1.25 bits per heavy atom. The Hall–Kier alpha value is 0.460. The molecule has 0 unspecified atom stereocenters. The molecule has 0 aliphatic carbocycles. The number of rotatable bonds is 6. The second-order valence-electron chi connectivity index (χ2n) is 4.13. The van der Waals surface area contributed by atoms with E-state index in [2.05, 4.69) is 54.7 Å². The second-order valence-corrected chi connectivity index (χ2v) is 6.17. The first kappa shape index (κ1) is 14.5. The second kappa shape index (κ2) is 7.02. The van der Waals surface area contributed by atoms with Gasteiger partial charge in [0.1, 0.15) is 5.75 Å². The van der Waals surface area contributed by atoms with Crippen molar-refractivity contribution in [2.75, 3.05) is 17.3 Å². The van der Waals surface area contributed by atoms with Crippen molar-refractivity contribution in [2.24, 2.45) is 5.41 Å². The van der Waals surface area contributed by atoms with Gasteiger partial charge in [-0.2, -0.15) is 0 Å². The smallest absolute Gasteiger partial charge is 0.120 e. The number of halogens is 3. The van der Waals surface area contributed by atoms with E-state index in [-0.39, 0.29) is 5.41 Å². The van der Waals surface area contributed by atoms with Crippen LogP contribution in [0, 0.1) is 5.41 Å². The Morgan fingerprint density at radius 2 is 1.94 bits per heavy atom. The summed E-state index contributed by atoms with van der Waals surface area (Å²) in [7, 11) is 0. The van der Waals surface area contributed by atoms with E-state index in [1.807, 2.05) is 24.3 Å². The molecule has 0 aliphatic heterocycles. The molecular weight excluding hydrogens is 400 g/mol. The minimum Gasteiger partial charge on any atom is -0.494 e. The zero-order valence-corrected chi connectivity index (χ0v) is 13.9. The van der Waals surface area contributed by atoms with E-state index in [0.717, 1.165) is 33.9 Å². The summed E-state index contributed by atoms with van der Waals surface area (Å²) in [6.07, 6.45) is 1.02. The van der Waals surface area contributed by atoms with E-state index in [4.69, 9.17) is 4.74 Å². The maximum absolute atomic E-state index is 5.71. The van der Waals surface area contributed by atoms with Crippen LogP contribution in [0.3, 0.4) is 0 Å². The normalized spacial score (nSPS) is 11.5. The van der Waals surface area contributed by atoms with Crippen LogP contribution in [0.2, 0.25) is 0 Å². The quantitative estimate of drug-likeness (QED) is 0.594. The van der Waals surface area contributed by atoms with Crippen molar-refractivity contribution in [1.82, 2.24) is 0 Å². The standard InChI is InChI=1S/C12H15Br3O/c1-12(8-13,9-14)5-6-16-11-4-2-3-10(15)7-11/h2-4,7H,5-6,8-9H2,1H3. The largest absolute Gasteiger partial charge is 0.494 e. The van der Waals surface area contributed by atoms with Gasteiger partial charge >= 0.3 is 0 Å². The van der Waals surface area contributed by atoms with Gasteiger partial charge in [-0.05, 0) is 30.0 Å². The molecule has 0 fully saturated rings. The van der Waals surface area contributed by atoms with Crippen LogP contribution in [0.25, 0.3) is 0 Å². The van der Waals surface area contributed by atoms with Crippen LogP contribution in [-0.4, -0.2) is 17.3 Å². The van der Waals surface area contributed by atoms with Gasteiger partial charge in [-0.1, -0.05) is 60.8 Å². The molecule has 0 saturated carbocycles. The lowest BCUT2D eigenvalue weighted by Gasteiger charge is -2.24. The molecule has 4 heteroatoms. The van der Waals surface area contributed by atoms with Crippen molar-refractivity contribution >= 4 is 47.8 Å². The van der Waals surface area contributed by atoms with Crippen molar-refractivity contribution in [3.05, 3.63) is 28.7 Å². The summed E-state index contributed by atoms with van der Waals surface area (Å²) >= 11 is 10.5. The van der Waals surface area contributed by atoms with Crippen molar-refractivity contribution in [3.63, 3.8) is 0 Å². The van der Waals surface area contributed by atoms with Crippen LogP contribution >= 0.6 is 47.8 Å².